The smallest absolute Gasteiger partial charge is 0.274 e. The summed E-state index contributed by atoms with van der Waals surface area (Å²) in [6.07, 6.45) is 3.67. The summed E-state index contributed by atoms with van der Waals surface area (Å²) < 4.78 is 3.69. The zero-order chi connectivity index (χ0) is 17.4. The molecule has 24 heavy (non-hydrogen) atoms. The van der Waals surface area contributed by atoms with Crippen molar-refractivity contribution in [3.05, 3.63) is 46.5 Å². The van der Waals surface area contributed by atoms with Gasteiger partial charge in [-0.2, -0.15) is 0 Å². The molecule has 0 fully saturated rings. The molecule has 0 aliphatic rings. The molecule has 3 aromatic rings. The Morgan fingerprint density at radius 2 is 2.04 bits per heavy atom. The fourth-order valence-corrected chi connectivity index (χ4v) is 3.64. The summed E-state index contributed by atoms with van der Waals surface area (Å²) in [7, 11) is 3.80. The van der Waals surface area contributed by atoms with E-state index in [0.29, 0.717) is 10.8 Å². The molecule has 3 aromatic heterocycles. The van der Waals surface area contributed by atoms with Gasteiger partial charge in [0.15, 0.2) is 0 Å². The normalized spacial score (nSPS) is 11.4. The maximum absolute atomic E-state index is 12.3. The lowest BCUT2D eigenvalue weighted by atomic mass is 10.1. The maximum atomic E-state index is 12.3. The molecule has 0 spiro atoms. The topological polar surface area (TPSA) is 53.9 Å². The lowest BCUT2D eigenvalue weighted by Gasteiger charge is -2.20. The third-order valence-electron chi connectivity index (χ3n) is 3.92. The van der Waals surface area contributed by atoms with Crippen molar-refractivity contribution in [1.29, 1.82) is 0 Å². The highest BCUT2D eigenvalue weighted by atomic mass is 32.2. The molecule has 0 aromatic carbocycles. The standard InChI is InChI=1S/C18H22N4OS/c1-11(2)24-22(5)15-7-6-12(3)16(20-15)14-10-21(4)18(23)17-13(14)8-9-19-17/h6-11,19H,1-5H3. The number of aromatic nitrogens is 3. The number of aryl methyl sites for hydroxylation is 2. The second kappa shape index (κ2) is 6.36. The predicted molar refractivity (Wildman–Crippen MR) is 103 cm³/mol. The first-order valence-electron chi connectivity index (χ1n) is 7.93. The van der Waals surface area contributed by atoms with Crippen LogP contribution in [0.15, 0.2) is 35.4 Å². The number of pyridine rings is 2. The summed E-state index contributed by atoms with van der Waals surface area (Å²) in [5.74, 6) is 0.909. The van der Waals surface area contributed by atoms with Crippen LogP contribution in [0.1, 0.15) is 19.4 Å². The third kappa shape index (κ3) is 2.94. The van der Waals surface area contributed by atoms with E-state index in [1.807, 2.05) is 32.3 Å². The van der Waals surface area contributed by atoms with Crippen LogP contribution in [0.5, 0.6) is 0 Å². The summed E-state index contributed by atoms with van der Waals surface area (Å²) >= 11 is 1.74. The second-order valence-corrected chi connectivity index (χ2v) is 7.91. The lowest BCUT2D eigenvalue weighted by Crippen LogP contribution is -2.17. The van der Waals surface area contributed by atoms with Gasteiger partial charge < -0.3 is 13.9 Å². The van der Waals surface area contributed by atoms with Gasteiger partial charge in [-0.25, -0.2) is 4.98 Å². The van der Waals surface area contributed by atoms with Gasteiger partial charge >= 0.3 is 0 Å². The van der Waals surface area contributed by atoms with Crippen LogP contribution in [0.25, 0.3) is 22.2 Å². The Balaban J connectivity index is 2.18. The van der Waals surface area contributed by atoms with Crippen LogP contribution < -0.4 is 9.86 Å². The van der Waals surface area contributed by atoms with Crippen LogP contribution in [0.4, 0.5) is 5.82 Å². The van der Waals surface area contributed by atoms with E-state index in [1.54, 1.807) is 29.8 Å². The maximum Gasteiger partial charge on any atom is 0.274 e. The summed E-state index contributed by atoms with van der Waals surface area (Å²) in [5, 5.41) is 1.39. The Morgan fingerprint density at radius 1 is 1.29 bits per heavy atom. The fraction of sp³-hybridized carbons (Fsp3) is 0.333. The molecule has 0 aliphatic heterocycles. The van der Waals surface area contributed by atoms with Crippen LogP contribution in [0, 0.1) is 6.92 Å². The molecular weight excluding hydrogens is 320 g/mol. The molecule has 0 atom stereocenters. The quantitative estimate of drug-likeness (QED) is 0.734. The zero-order valence-corrected chi connectivity index (χ0v) is 15.4. The number of hydrogen-bond donors (Lipinski definition) is 1. The molecule has 126 valence electrons. The first kappa shape index (κ1) is 16.6. The van der Waals surface area contributed by atoms with Gasteiger partial charge in [0, 0.05) is 42.7 Å². The van der Waals surface area contributed by atoms with E-state index in [4.69, 9.17) is 4.98 Å². The SMILES string of the molecule is Cc1ccc(N(C)SC(C)C)nc1-c1cn(C)c(=O)c2[nH]ccc12. The first-order chi connectivity index (χ1) is 11.4. The minimum atomic E-state index is -0.0277. The molecule has 0 saturated heterocycles. The van der Waals surface area contributed by atoms with Crippen LogP contribution >= 0.6 is 11.9 Å². The number of fused-ring (bicyclic) bond motifs is 1. The summed E-state index contributed by atoms with van der Waals surface area (Å²) in [6, 6.07) is 6.05. The summed E-state index contributed by atoms with van der Waals surface area (Å²) in [5.41, 5.74) is 3.55. The van der Waals surface area contributed by atoms with Gasteiger partial charge in [0.1, 0.15) is 11.3 Å². The molecule has 1 N–H and O–H groups in total. The van der Waals surface area contributed by atoms with Crippen LogP contribution in [-0.4, -0.2) is 26.8 Å². The highest BCUT2D eigenvalue weighted by Gasteiger charge is 2.15. The summed E-state index contributed by atoms with van der Waals surface area (Å²) in [6.45, 7) is 6.37. The Hall–Kier alpha value is -2.21. The molecule has 0 radical (unpaired) electrons. The average molecular weight is 342 g/mol. The molecule has 3 rings (SSSR count). The number of aromatic amines is 1. The van der Waals surface area contributed by atoms with Crippen molar-refractivity contribution < 1.29 is 0 Å². The van der Waals surface area contributed by atoms with Crippen molar-refractivity contribution in [2.75, 3.05) is 11.4 Å². The molecule has 0 amide bonds. The second-order valence-electron chi connectivity index (χ2n) is 6.21. The van der Waals surface area contributed by atoms with E-state index >= 15 is 0 Å². The molecule has 0 bridgehead atoms. The first-order valence-corrected chi connectivity index (χ1v) is 8.77. The van der Waals surface area contributed by atoms with Gasteiger partial charge in [0.2, 0.25) is 0 Å². The van der Waals surface area contributed by atoms with Crippen molar-refractivity contribution in [2.24, 2.45) is 7.05 Å². The number of nitrogens with one attached hydrogen (secondary N) is 1. The molecule has 5 nitrogen and oxygen atoms in total. The number of rotatable bonds is 4. The largest absolute Gasteiger partial charge is 0.357 e. The Labute approximate surface area is 145 Å². The van der Waals surface area contributed by atoms with Crippen LogP contribution in [0.3, 0.4) is 0 Å². The zero-order valence-electron chi connectivity index (χ0n) is 14.6. The number of H-pyrrole nitrogens is 1. The Bertz CT molecular complexity index is 942. The van der Waals surface area contributed by atoms with Crippen molar-refractivity contribution in [2.45, 2.75) is 26.0 Å². The predicted octanol–water partition coefficient (Wildman–Crippen LogP) is 3.73. The summed E-state index contributed by atoms with van der Waals surface area (Å²) in [4.78, 5) is 20.2. The number of hydrogen-bond acceptors (Lipinski definition) is 4. The van der Waals surface area contributed by atoms with Gasteiger partial charge in [0.25, 0.3) is 5.56 Å². The van der Waals surface area contributed by atoms with Gasteiger partial charge in [-0.05, 0) is 36.6 Å². The minimum Gasteiger partial charge on any atom is -0.357 e. The average Bonchev–Trinajstić information content (AvgIpc) is 3.00. The van der Waals surface area contributed by atoms with Gasteiger partial charge in [0.05, 0.1) is 5.69 Å². The lowest BCUT2D eigenvalue weighted by molar-refractivity contribution is 0.871. The highest BCUT2D eigenvalue weighted by molar-refractivity contribution is 8.01. The molecule has 0 aliphatic carbocycles. The van der Waals surface area contributed by atoms with Crippen LogP contribution in [0.2, 0.25) is 0 Å². The Kier molecular flexibility index (Phi) is 4.41. The van der Waals surface area contributed by atoms with E-state index in [0.717, 1.165) is 28.0 Å². The minimum absolute atomic E-state index is 0.0277. The van der Waals surface area contributed by atoms with Crippen molar-refractivity contribution in [1.82, 2.24) is 14.5 Å². The van der Waals surface area contributed by atoms with Gasteiger partial charge in [-0.1, -0.05) is 19.9 Å². The number of nitrogens with zero attached hydrogens (tertiary/aromatic N) is 3. The molecular formula is C18H22N4OS. The van der Waals surface area contributed by atoms with Crippen LogP contribution in [-0.2, 0) is 7.05 Å². The van der Waals surface area contributed by atoms with Crippen molar-refractivity contribution in [3.63, 3.8) is 0 Å². The van der Waals surface area contributed by atoms with Crippen molar-refractivity contribution >= 4 is 28.7 Å². The highest BCUT2D eigenvalue weighted by Crippen LogP contribution is 2.30. The van der Waals surface area contributed by atoms with E-state index in [-0.39, 0.29) is 5.56 Å². The monoisotopic (exact) mass is 342 g/mol. The molecule has 3 heterocycles. The van der Waals surface area contributed by atoms with E-state index in [9.17, 15) is 4.79 Å². The van der Waals surface area contributed by atoms with E-state index < -0.39 is 0 Å². The molecule has 0 unspecified atom stereocenters. The van der Waals surface area contributed by atoms with E-state index in [1.165, 1.54) is 0 Å². The third-order valence-corrected chi connectivity index (χ3v) is 4.85. The molecule has 6 heteroatoms. The molecule has 0 saturated carbocycles. The Morgan fingerprint density at radius 3 is 2.75 bits per heavy atom. The number of anilines is 1. The van der Waals surface area contributed by atoms with E-state index in [2.05, 4.69) is 29.2 Å². The van der Waals surface area contributed by atoms with Gasteiger partial charge in [-0.15, -0.1) is 0 Å². The van der Waals surface area contributed by atoms with Crippen molar-refractivity contribution in [3.8, 4) is 11.3 Å². The van der Waals surface area contributed by atoms with Gasteiger partial charge in [-0.3, -0.25) is 4.79 Å². The fourth-order valence-electron chi connectivity index (χ4n) is 2.79.